The standard InChI is InChI=1S/C17H19ClN2.2ClH/c18-15-6-8-16(9-7-15)20-11-10-19-13-17(20)12-14-4-2-1-3-5-14;;/h1-9,17,19H,10-13H2;2*1H/t17-;;/m1../s1. The maximum atomic E-state index is 5.99. The monoisotopic (exact) mass is 358 g/mol. The number of halogens is 3. The van der Waals surface area contributed by atoms with Crippen molar-refractivity contribution >= 4 is 42.1 Å². The van der Waals surface area contributed by atoms with Crippen LogP contribution in [0.5, 0.6) is 0 Å². The molecule has 0 radical (unpaired) electrons. The van der Waals surface area contributed by atoms with Crippen molar-refractivity contribution < 1.29 is 0 Å². The Morgan fingerprint density at radius 3 is 2.36 bits per heavy atom. The largest absolute Gasteiger partial charge is 0.366 e. The third-order valence-electron chi connectivity index (χ3n) is 3.82. The summed E-state index contributed by atoms with van der Waals surface area (Å²) >= 11 is 5.99. The van der Waals surface area contributed by atoms with Crippen LogP contribution in [0.3, 0.4) is 0 Å². The molecule has 0 aromatic heterocycles. The maximum Gasteiger partial charge on any atom is 0.0455 e. The van der Waals surface area contributed by atoms with E-state index in [1.54, 1.807) is 0 Å². The maximum absolute atomic E-state index is 5.99. The zero-order valence-electron chi connectivity index (χ0n) is 12.2. The second-order valence-electron chi connectivity index (χ2n) is 5.22. The molecule has 120 valence electrons. The first-order valence-corrected chi connectivity index (χ1v) is 7.47. The molecule has 0 amide bonds. The Labute approximate surface area is 149 Å². The lowest BCUT2D eigenvalue weighted by atomic mass is 10.0. The summed E-state index contributed by atoms with van der Waals surface area (Å²) in [5.41, 5.74) is 2.65. The molecule has 2 aromatic carbocycles. The van der Waals surface area contributed by atoms with Crippen LogP contribution < -0.4 is 10.2 Å². The van der Waals surface area contributed by atoms with Gasteiger partial charge in [-0.2, -0.15) is 0 Å². The van der Waals surface area contributed by atoms with Gasteiger partial charge in [-0.3, -0.25) is 0 Å². The highest BCUT2D eigenvalue weighted by Crippen LogP contribution is 2.22. The molecular weight excluding hydrogens is 339 g/mol. The van der Waals surface area contributed by atoms with Crippen LogP contribution in [0.1, 0.15) is 5.56 Å². The number of benzene rings is 2. The minimum Gasteiger partial charge on any atom is -0.366 e. The molecule has 3 rings (SSSR count). The van der Waals surface area contributed by atoms with E-state index in [4.69, 9.17) is 11.6 Å². The molecule has 0 bridgehead atoms. The molecule has 0 saturated carbocycles. The van der Waals surface area contributed by atoms with Crippen molar-refractivity contribution in [3.05, 3.63) is 65.2 Å². The zero-order valence-corrected chi connectivity index (χ0v) is 14.6. The van der Waals surface area contributed by atoms with Gasteiger partial charge < -0.3 is 10.2 Å². The molecular formula is C17H21Cl3N2. The molecule has 5 heteroatoms. The van der Waals surface area contributed by atoms with E-state index >= 15 is 0 Å². The van der Waals surface area contributed by atoms with Crippen LogP contribution in [0, 0.1) is 0 Å². The molecule has 1 aliphatic heterocycles. The minimum absolute atomic E-state index is 0. The molecule has 1 N–H and O–H groups in total. The van der Waals surface area contributed by atoms with Crippen molar-refractivity contribution in [1.82, 2.24) is 5.32 Å². The minimum atomic E-state index is 0. The number of anilines is 1. The van der Waals surface area contributed by atoms with E-state index < -0.39 is 0 Å². The van der Waals surface area contributed by atoms with E-state index in [1.807, 2.05) is 12.1 Å². The highest BCUT2D eigenvalue weighted by molar-refractivity contribution is 6.30. The Hall–Kier alpha value is -0.930. The number of nitrogens with zero attached hydrogens (tertiary/aromatic N) is 1. The van der Waals surface area contributed by atoms with Crippen LogP contribution in [-0.4, -0.2) is 25.7 Å². The fourth-order valence-corrected chi connectivity index (χ4v) is 2.93. The molecule has 22 heavy (non-hydrogen) atoms. The summed E-state index contributed by atoms with van der Waals surface area (Å²) in [6.45, 7) is 3.10. The molecule has 0 spiro atoms. The Kier molecular flexibility index (Phi) is 8.05. The van der Waals surface area contributed by atoms with Gasteiger partial charge >= 0.3 is 0 Å². The molecule has 1 atom stereocenters. The van der Waals surface area contributed by atoms with Crippen LogP contribution in [-0.2, 0) is 6.42 Å². The predicted molar refractivity (Wildman–Crippen MR) is 100 cm³/mol. The van der Waals surface area contributed by atoms with E-state index in [2.05, 4.69) is 52.7 Å². The van der Waals surface area contributed by atoms with Crippen molar-refractivity contribution in [1.29, 1.82) is 0 Å². The van der Waals surface area contributed by atoms with E-state index in [1.165, 1.54) is 11.3 Å². The highest BCUT2D eigenvalue weighted by atomic mass is 35.5. The first-order valence-electron chi connectivity index (χ1n) is 7.10. The lowest BCUT2D eigenvalue weighted by molar-refractivity contribution is 0.473. The second kappa shape index (κ2) is 9.26. The fraction of sp³-hybridized carbons (Fsp3) is 0.294. The lowest BCUT2D eigenvalue weighted by Crippen LogP contribution is -2.52. The lowest BCUT2D eigenvalue weighted by Gasteiger charge is -2.38. The Morgan fingerprint density at radius 2 is 1.68 bits per heavy atom. The second-order valence-corrected chi connectivity index (χ2v) is 5.65. The molecule has 1 saturated heterocycles. The first-order chi connectivity index (χ1) is 9.83. The van der Waals surface area contributed by atoms with Crippen molar-refractivity contribution in [2.75, 3.05) is 24.5 Å². The first kappa shape index (κ1) is 19.1. The number of hydrogen-bond donors (Lipinski definition) is 1. The van der Waals surface area contributed by atoms with Gasteiger partial charge in [-0.25, -0.2) is 0 Å². The van der Waals surface area contributed by atoms with Crippen LogP contribution in [0.25, 0.3) is 0 Å². The summed E-state index contributed by atoms with van der Waals surface area (Å²) in [6.07, 6.45) is 1.07. The summed E-state index contributed by atoms with van der Waals surface area (Å²) in [7, 11) is 0. The van der Waals surface area contributed by atoms with E-state index in [0.717, 1.165) is 31.1 Å². The van der Waals surface area contributed by atoms with Crippen molar-refractivity contribution in [2.24, 2.45) is 0 Å². The fourth-order valence-electron chi connectivity index (χ4n) is 2.80. The van der Waals surface area contributed by atoms with Gasteiger partial charge in [0, 0.05) is 36.4 Å². The van der Waals surface area contributed by atoms with Crippen LogP contribution in [0.15, 0.2) is 54.6 Å². The summed E-state index contributed by atoms with van der Waals surface area (Å²) < 4.78 is 0. The van der Waals surface area contributed by atoms with Crippen molar-refractivity contribution in [2.45, 2.75) is 12.5 Å². The summed E-state index contributed by atoms with van der Waals surface area (Å²) in [5.74, 6) is 0. The Bertz CT molecular complexity index is 546. The van der Waals surface area contributed by atoms with Gasteiger partial charge in [0.25, 0.3) is 0 Å². The third kappa shape index (κ3) is 4.79. The number of hydrogen-bond acceptors (Lipinski definition) is 2. The highest BCUT2D eigenvalue weighted by Gasteiger charge is 2.22. The molecule has 1 aliphatic rings. The van der Waals surface area contributed by atoms with Gasteiger partial charge in [-0.15, -0.1) is 24.8 Å². The topological polar surface area (TPSA) is 15.3 Å². The Balaban J connectivity index is 0.00000121. The summed E-state index contributed by atoms with van der Waals surface area (Å²) in [5, 5.41) is 4.29. The van der Waals surface area contributed by atoms with Crippen LogP contribution in [0.4, 0.5) is 5.69 Å². The van der Waals surface area contributed by atoms with E-state index in [9.17, 15) is 0 Å². The van der Waals surface area contributed by atoms with Gasteiger partial charge in [0.1, 0.15) is 0 Å². The quantitative estimate of drug-likeness (QED) is 0.883. The number of rotatable bonds is 3. The summed E-state index contributed by atoms with van der Waals surface area (Å²) in [6, 6.07) is 19.4. The molecule has 1 fully saturated rings. The van der Waals surface area contributed by atoms with Gasteiger partial charge in [0.05, 0.1) is 0 Å². The zero-order chi connectivity index (χ0) is 13.8. The average Bonchev–Trinajstić information content (AvgIpc) is 2.50. The molecule has 0 aliphatic carbocycles. The van der Waals surface area contributed by atoms with Gasteiger partial charge in [0.2, 0.25) is 0 Å². The SMILES string of the molecule is Cl.Cl.Clc1ccc(N2CCNC[C@H]2Cc2ccccc2)cc1. The van der Waals surface area contributed by atoms with Gasteiger partial charge in [0.15, 0.2) is 0 Å². The van der Waals surface area contributed by atoms with Gasteiger partial charge in [-0.05, 0) is 36.2 Å². The molecule has 1 heterocycles. The predicted octanol–water partition coefficient (Wildman–Crippen LogP) is 4.20. The molecule has 2 aromatic rings. The molecule has 0 unspecified atom stereocenters. The molecule has 2 nitrogen and oxygen atoms in total. The number of piperazine rings is 1. The Morgan fingerprint density at radius 1 is 1.00 bits per heavy atom. The van der Waals surface area contributed by atoms with E-state index in [0.29, 0.717) is 6.04 Å². The van der Waals surface area contributed by atoms with Crippen molar-refractivity contribution in [3.63, 3.8) is 0 Å². The average molecular weight is 360 g/mol. The summed E-state index contributed by atoms with van der Waals surface area (Å²) in [4.78, 5) is 2.49. The van der Waals surface area contributed by atoms with E-state index in [-0.39, 0.29) is 24.8 Å². The number of nitrogens with one attached hydrogen (secondary N) is 1. The third-order valence-corrected chi connectivity index (χ3v) is 4.07. The normalized spacial score (nSPS) is 17.3. The van der Waals surface area contributed by atoms with Crippen LogP contribution in [0.2, 0.25) is 5.02 Å². The van der Waals surface area contributed by atoms with Crippen molar-refractivity contribution in [3.8, 4) is 0 Å². The van der Waals surface area contributed by atoms with Gasteiger partial charge in [-0.1, -0.05) is 41.9 Å². The smallest absolute Gasteiger partial charge is 0.0455 e. The van der Waals surface area contributed by atoms with Crippen LogP contribution >= 0.6 is 36.4 Å².